The second-order valence-corrected chi connectivity index (χ2v) is 5.83. The summed E-state index contributed by atoms with van der Waals surface area (Å²) in [5, 5.41) is 0. The quantitative estimate of drug-likeness (QED) is 0.624. The molecule has 0 radical (unpaired) electrons. The lowest BCUT2D eigenvalue weighted by Crippen LogP contribution is -2.60. The number of rotatable bonds is 4. The van der Waals surface area contributed by atoms with Gasteiger partial charge >= 0.3 is 25.6 Å². The van der Waals surface area contributed by atoms with Crippen LogP contribution in [0.2, 0.25) is 0 Å². The van der Waals surface area contributed by atoms with Crippen LogP contribution in [0.25, 0.3) is 0 Å². The molecule has 0 aromatic heterocycles. The molecule has 12 heteroatoms. The predicted octanol–water partition coefficient (Wildman–Crippen LogP) is 3.55. The number of phosphoric acid groups is 1. The third kappa shape index (κ3) is 3.69. The highest BCUT2D eigenvalue weighted by Gasteiger charge is 2.74. The standard InChI is InChI=1S/C9H12F7O4P/c10-5-7(11,12)9(15,16)8(13,14)6-3-1-2-4-19-21(17,18)20-6/h6H,1-5H2,(H,17,18). The van der Waals surface area contributed by atoms with Crippen LogP contribution < -0.4 is 0 Å². The summed E-state index contributed by atoms with van der Waals surface area (Å²) < 4.78 is 110. The average Bonchev–Trinajstić information content (AvgIpc) is 2.33. The van der Waals surface area contributed by atoms with Crippen LogP contribution in [0.5, 0.6) is 0 Å². The molecule has 4 nitrogen and oxygen atoms in total. The lowest BCUT2D eigenvalue weighted by atomic mass is 9.96. The Morgan fingerprint density at radius 3 is 2.24 bits per heavy atom. The first kappa shape index (κ1) is 18.7. The molecule has 21 heavy (non-hydrogen) atoms. The highest BCUT2D eigenvalue weighted by atomic mass is 31.2. The van der Waals surface area contributed by atoms with E-state index in [1.54, 1.807) is 0 Å². The van der Waals surface area contributed by atoms with Gasteiger partial charge in [0, 0.05) is 0 Å². The summed E-state index contributed by atoms with van der Waals surface area (Å²) in [4.78, 5) is 9.01. The second kappa shape index (κ2) is 6.02. The van der Waals surface area contributed by atoms with E-state index in [2.05, 4.69) is 9.05 Å². The summed E-state index contributed by atoms with van der Waals surface area (Å²) in [6, 6.07) is 0. The number of hydrogen-bond donors (Lipinski definition) is 1. The van der Waals surface area contributed by atoms with Gasteiger partial charge in [0.25, 0.3) is 0 Å². The molecular weight excluding hydrogens is 336 g/mol. The van der Waals surface area contributed by atoms with Gasteiger partial charge in [0.05, 0.1) is 6.61 Å². The SMILES string of the molecule is O=P1(O)OCCCCC(C(F)(F)C(F)(F)C(F)(F)CF)O1. The fourth-order valence-electron chi connectivity index (χ4n) is 1.63. The van der Waals surface area contributed by atoms with Crippen molar-refractivity contribution in [3.63, 3.8) is 0 Å². The van der Waals surface area contributed by atoms with Crippen molar-refractivity contribution < 1.29 is 49.2 Å². The molecule has 126 valence electrons. The van der Waals surface area contributed by atoms with Gasteiger partial charge in [0.2, 0.25) is 0 Å². The summed E-state index contributed by atoms with van der Waals surface area (Å²) in [5.74, 6) is -17.3. The number of phosphoric ester groups is 1. The zero-order valence-corrected chi connectivity index (χ0v) is 11.3. The van der Waals surface area contributed by atoms with E-state index in [0.717, 1.165) is 0 Å². The molecule has 2 unspecified atom stereocenters. The highest BCUT2D eigenvalue weighted by Crippen LogP contribution is 2.54. The van der Waals surface area contributed by atoms with Crippen LogP contribution in [0.15, 0.2) is 0 Å². The third-order valence-corrected chi connectivity index (χ3v) is 3.86. The van der Waals surface area contributed by atoms with Gasteiger partial charge in [0.1, 0.15) is 6.10 Å². The fourth-order valence-corrected chi connectivity index (χ4v) is 2.61. The van der Waals surface area contributed by atoms with Crippen LogP contribution in [0.3, 0.4) is 0 Å². The van der Waals surface area contributed by atoms with Crippen LogP contribution in [0, 0.1) is 0 Å². The molecule has 1 aliphatic heterocycles. The Bertz CT molecular complexity index is 417. The lowest BCUT2D eigenvalue weighted by Gasteiger charge is -2.36. The topological polar surface area (TPSA) is 55.8 Å². The molecule has 1 fully saturated rings. The van der Waals surface area contributed by atoms with E-state index in [1.165, 1.54) is 0 Å². The summed E-state index contributed by atoms with van der Waals surface area (Å²) in [6.45, 7) is -3.36. The van der Waals surface area contributed by atoms with Crippen LogP contribution in [0.1, 0.15) is 19.3 Å². The summed E-state index contributed by atoms with van der Waals surface area (Å²) in [5.41, 5.74) is 0. The van der Waals surface area contributed by atoms with Crippen molar-refractivity contribution in [3.8, 4) is 0 Å². The molecule has 2 atom stereocenters. The molecule has 1 N–H and O–H groups in total. The fraction of sp³-hybridized carbons (Fsp3) is 1.00. The molecular formula is C9H12F7O4P. The summed E-state index contributed by atoms with van der Waals surface area (Å²) in [6.07, 6.45) is -4.14. The van der Waals surface area contributed by atoms with Gasteiger partial charge in [0.15, 0.2) is 6.67 Å². The summed E-state index contributed by atoms with van der Waals surface area (Å²) >= 11 is 0. The van der Waals surface area contributed by atoms with E-state index >= 15 is 0 Å². The smallest absolute Gasteiger partial charge is 0.302 e. The first-order valence-corrected chi connectivity index (χ1v) is 7.22. The maximum atomic E-state index is 13.6. The minimum atomic E-state index is -6.10. The largest absolute Gasteiger partial charge is 0.472 e. The van der Waals surface area contributed by atoms with E-state index in [4.69, 9.17) is 4.89 Å². The average molecular weight is 348 g/mol. The highest BCUT2D eigenvalue weighted by molar-refractivity contribution is 7.47. The van der Waals surface area contributed by atoms with E-state index in [0.29, 0.717) is 0 Å². The minimum Gasteiger partial charge on any atom is -0.302 e. The van der Waals surface area contributed by atoms with Crippen LogP contribution >= 0.6 is 7.82 Å². The Labute approximate surface area is 114 Å². The third-order valence-electron chi connectivity index (χ3n) is 2.83. The van der Waals surface area contributed by atoms with Crippen molar-refractivity contribution in [1.29, 1.82) is 0 Å². The Hall–Kier alpha value is -0.380. The monoisotopic (exact) mass is 348 g/mol. The van der Waals surface area contributed by atoms with Gasteiger partial charge in [-0.1, -0.05) is 0 Å². The molecule has 1 aliphatic rings. The van der Waals surface area contributed by atoms with Gasteiger partial charge in [-0.25, -0.2) is 8.96 Å². The molecule has 1 heterocycles. The first-order chi connectivity index (χ1) is 9.37. The van der Waals surface area contributed by atoms with Gasteiger partial charge in [-0.15, -0.1) is 0 Å². The van der Waals surface area contributed by atoms with Crippen molar-refractivity contribution in [1.82, 2.24) is 0 Å². The molecule has 0 aromatic carbocycles. The number of hydrogen-bond acceptors (Lipinski definition) is 3. The van der Waals surface area contributed by atoms with Crippen LogP contribution in [-0.2, 0) is 13.6 Å². The van der Waals surface area contributed by atoms with Crippen LogP contribution in [-0.4, -0.2) is 42.0 Å². The Morgan fingerprint density at radius 2 is 1.71 bits per heavy atom. The van der Waals surface area contributed by atoms with E-state index < -0.39 is 44.8 Å². The minimum absolute atomic E-state index is 0.0361. The molecule has 1 saturated heterocycles. The predicted molar refractivity (Wildman–Crippen MR) is 55.3 cm³/mol. The molecule has 0 amide bonds. The second-order valence-electron chi connectivity index (χ2n) is 4.43. The van der Waals surface area contributed by atoms with Gasteiger partial charge < -0.3 is 4.89 Å². The van der Waals surface area contributed by atoms with Crippen molar-refractivity contribution >= 4 is 7.82 Å². The Kier molecular flexibility index (Phi) is 5.35. The number of alkyl halides is 7. The lowest BCUT2D eigenvalue weighted by molar-refractivity contribution is -0.333. The number of halogens is 7. The molecule has 0 saturated carbocycles. The van der Waals surface area contributed by atoms with Crippen molar-refractivity contribution in [2.75, 3.05) is 13.3 Å². The molecule has 0 spiro atoms. The maximum Gasteiger partial charge on any atom is 0.472 e. The van der Waals surface area contributed by atoms with E-state index in [1.807, 2.05) is 0 Å². The molecule has 0 aromatic rings. The van der Waals surface area contributed by atoms with Gasteiger partial charge in [-0.2, -0.15) is 26.3 Å². The maximum absolute atomic E-state index is 13.6. The molecule has 1 rings (SSSR count). The first-order valence-electron chi connectivity index (χ1n) is 5.72. The van der Waals surface area contributed by atoms with Gasteiger partial charge in [-0.05, 0) is 19.3 Å². The Balaban J connectivity index is 3.11. The summed E-state index contributed by atoms with van der Waals surface area (Å²) in [7, 11) is -5.09. The van der Waals surface area contributed by atoms with E-state index in [9.17, 15) is 35.3 Å². The zero-order valence-electron chi connectivity index (χ0n) is 10.4. The Morgan fingerprint density at radius 1 is 1.14 bits per heavy atom. The van der Waals surface area contributed by atoms with Crippen molar-refractivity contribution in [2.24, 2.45) is 0 Å². The zero-order chi connectivity index (χ0) is 16.5. The van der Waals surface area contributed by atoms with E-state index in [-0.39, 0.29) is 19.4 Å². The normalized spacial score (nSPS) is 29.8. The van der Waals surface area contributed by atoms with Gasteiger partial charge in [-0.3, -0.25) is 9.05 Å². The van der Waals surface area contributed by atoms with Crippen molar-refractivity contribution in [3.05, 3.63) is 0 Å². The molecule has 0 bridgehead atoms. The molecule has 0 aliphatic carbocycles. The van der Waals surface area contributed by atoms with Crippen LogP contribution in [0.4, 0.5) is 30.7 Å². The van der Waals surface area contributed by atoms with Crippen molar-refractivity contribution in [2.45, 2.75) is 43.1 Å².